The molecule has 1 aromatic rings. The van der Waals surface area contributed by atoms with E-state index in [2.05, 4.69) is 6.92 Å². The van der Waals surface area contributed by atoms with E-state index >= 15 is 0 Å². The molecule has 0 aromatic carbocycles. The van der Waals surface area contributed by atoms with Crippen LogP contribution in [0.3, 0.4) is 0 Å². The van der Waals surface area contributed by atoms with E-state index < -0.39 is 11.9 Å². The van der Waals surface area contributed by atoms with Crippen molar-refractivity contribution in [1.29, 1.82) is 0 Å². The average molecular weight is 417 g/mol. The lowest BCUT2D eigenvalue weighted by atomic mass is 10.1. The third kappa shape index (κ3) is 14.4. The fourth-order valence-electron chi connectivity index (χ4n) is 2.82. The molecule has 6 nitrogen and oxygen atoms in total. The number of halogens is 1. The van der Waals surface area contributed by atoms with Gasteiger partial charge < -0.3 is 20.7 Å². The molecule has 0 aliphatic rings. The van der Waals surface area contributed by atoms with Crippen LogP contribution >= 0.6 is 12.4 Å². The smallest absolute Gasteiger partial charge is 0.255 e. The van der Waals surface area contributed by atoms with Gasteiger partial charge in [0.1, 0.15) is 12.2 Å². The molecule has 0 aliphatic heterocycles. The number of aromatic nitrogens is 1. The van der Waals surface area contributed by atoms with Gasteiger partial charge >= 0.3 is 0 Å². The number of aliphatic carboxylic acids is 1. The Morgan fingerprint density at radius 3 is 2.07 bits per heavy atom. The number of aliphatic hydroxyl groups excluding tert-OH is 1. The van der Waals surface area contributed by atoms with E-state index in [4.69, 9.17) is 10.8 Å². The number of carboxylic acid groups (broad SMARTS) is 1. The SMILES string of the molecule is CCCCCCCCCCCC(=O)[O-].Cc1c(C(N)=O)ccc[n+]1CCO.Cl. The van der Waals surface area contributed by atoms with Gasteiger partial charge in [0.25, 0.3) is 5.91 Å². The second-order valence-corrected chi connectivity index (χ2v) is 6.74. The Morgan fingerprint density at radius 2 is 1.61 bits per heavy atom. The summed E-state index contributed by atoms with van der Waals surface area (Å²) < 4.78 is 1.79. The first-order valence-electron chi connectivity index (χ1n) is 10.0. The highest BCUT2D eigenvalue weighted by Crippen LogP contribution is 2.10. The lowest BCUT2D eigenvalue weighted by molar-refractivity contribution is -0.704. The third-order valence-corrected chi connectivity index (χ3v) is 4.44. The minimum atomic E-state index is -0.909. The van der Waals surface area contributed by atoms with E-state index in [-0.39, 0.29) is 25.4 Å². The largest absolute Gasteiger partial charge is 0.550 e. The summed E-state index contributed by atoms with van der Waals surface area (Å²) in [6, 6.07) is 3.41. The summed E-state index contributed by atoms with van der Waals surface area (Å²) in [5, 5.41) is 18.8. The van der Waals surface area contributed by atoms with Gasteiger partial charge in [0.2, 0.25) is 0 Å². The second kappa shape index (κ2) is 18.7. The van der Waals surface area contributed by atoms with E-state index in [1.54, 1.807) is 29.8 Å². The summed E-state index contributed by atoms with van der Waals surface area (Å²) in [6.07, 6.45) is 13.0. The molecule has 0 aliphatic carbocycles. The van der Waals surface area contributed by atoms with Crippen LogP contribution in [0, 0.1) is 6.92 Å². The number of rotatable bonds is 13. The first-order valence-corrected chi connectivity index (χ1v) is 10.0. The first-order chi connectivity index (χ1) is 12.9. The Kier molecular flexibility index (Phi) is 19.1. The minimum Gasteiger partial charge on any atom is -0.550 e. The molecular formula is C21H37ClN2O4. The molecule has 1 rings (SSSR count). The average Bonchev–Trinajstić information content (AvgIpc) is 2.62. The quantitative estimate of drug-likeness (QED) is 0.380. The fraction of sp³-hybridized carbons (Fsp3) is 0.667. The van der Waals surface area contributed by atoms with Gasteiger partial charge in [0, 0.05) is 19.0 Å². The number of hydrogen-bond donors (Lipinski definition) is 2. The van der Waals surface area contributed by atoms with Gasteiger partial charge in [0.15, 0.2) is 18.4 Å². The maximum atomic E-state index is 10.9. The van der Waals surface area contributed by atoms with Crippen LogP contribution in [0.1, 0.15) is 87.2 Å². The maximum Gasteiger partial charge on any atom is 0.255 e. The number of carbonyl (C=O) groups is 2. The maximum absolute atomic E-state index is 10.9. The van der Waals surface area contributed by atoms with Crippen LogP contribution in [-0.4, -0.2) is 23.6 Å². The lowest BCUT2D eigenvalue weighted by Gasteiger charge is -2.02. The second-order valence-electron chi connectivity index (χ2n) is 6.74. The zero-order valence-electron chi connectivity index (χ0n) is 17.3. The van der Waals surface area contributed by atoms with Crippen LogP contribution in [0.25, 0.3) is 0 Å². The zero-order chi connectivity index (χ0) is 20.5. The highest BCUT2D eigenvalue weighted by Gasteiger charge is 2.13. The Labute approximate surface area is 175 Å². The number of hydrogen-bond acceptors (Lipinski definition) is 4. The van der Waals surface area contributed by atoms with Crippen molar-refractivity contribution in [2.75, 3.05) is 6.61 Å². The molecular weight excluding hydrogens is 380 g/mol. The van der Waals surface area contributed by atoms with Gasteiger partial charge in [-0.1, -0.05) is 58.3 Å². The van der Waals surface area contributed by atoms with Crippen molar-refractivity contribution >= 4 is 24.3 Å². The summed E-state index contributed by atoms with van der Waals surface area (Å²) in [5.41, 5.74) is 6.44. The monoisotopic (exact) mass is 416 g/mol. The van der Waals surface area contributed by atoms with Gasteiger partial charge in [-0.05, 0) is 18.9 Å². The van der Waals surface area contributed by atoms with Crippen molar-refractivity contribution in [3.63, 3.8) is 0 Å². The van der Waals surface area contributed by atoms with E-state index in [1.165, 1.54) is 44.9 Å². The topological polar surface area (TPSA) is 107 Å². The number of pyridine rings is 1. The molecule has 1 heterocycles. The Morgan fingerprint density at radius 1 is 1.07 bits per heavy atom. The van der Waals surface area contributed by atoms with Crippen LogP contribution in [-0.2, 0) is 11.3 Å². The Balaban J connectivity index is 0. The van der Waals surface area contributed by atoms with Crippen molar-refractivity contribution in [3.8, 4) is 0 Å². The molecule has 0 radical (unpaired) electrons. The van der Waals surface area contributed by atoms with Gasteiger partial charge in [0.05, 0.1) is 0 Å². The fourth-order valence-corrected chi connectivity index (χ4v) is 2.82. The predicted octanol–water partition coefficient (Wildman–Crippen LogP) is 2.45. The highest BCUT2D eigenvalue weighted by molar-refractivity contribution is 5.93. The number of primary amides is 1. The molecule has 28 heavy (non-hydrogen) atoms. The van der Waals surface area contributed by atoms with Crippen molar-refractivity contribution < 1.29 is 24.4 Å². The van der Waals surface area contributed by atoms with Crippen LogP contribution in [0.2, 0.25) is 0 Å². The number of unbranched alkanes of at least 4 members (excludes halogenated alkanes) is 8. The normalized spacial score (nSPS) is 9.82. The van der Waals surface area contributed by atoms with Gasteiger partial charge in [-0.25, -0.2) is 0 Å². The number of nitrogens with zero attached hydrogens (tertiary/aromatic N) is 1. The molecule has 0 bridgehead atoms. The van der Waals surface area contributed by atoms with Crippen LogP contribution in [0.15, 0.2) is 18.3 Å². The van der Waals surface area contributed by atoms with Gasteiger partial charge in [-0.3, -0.25) is 4.79 Å². The van der Waals surface area contributed by atoms with Crippen LogP contribution in [0.5, 0.6) is 0 Å². The van der Waals surface area contributed by atoms with Gasteiger partial charge in [-0.15, -0.1) is 12.4 Å². The summed E-state index contributed by atoms with van der Waals surface area (Å²) >= 11 is 0. The van der Waals surface area contributed by atoms with Crippen molar-refractivity contribution in [2.45, 2.75) is 84.6 Å². The van der Waals surface area contributed by atoms with Crippen molar-refractivity contribution in [1.82, 2.24) is 0 Å². The molecule has 3 N–H and O–H groups in total. The molecule has 0 fully saturated rings. The highest BCUT2D eigenvalue weighted by atomic mass is 35.5. The number of carbonyl (C=O) groups excluding carboxylic acids is 2. The standard InChI is InChI=1S/C12H24O2.C9H12N2O2.ClH/c1-2-3-4-5-6-7-8-9-10-11-12(13)14;1-7-8(9(10)13)3-2-4-11(7)5-6-12;/h2-11H2,1H3,(H,13,14);2-4,12H,5-6H2,1H3,(H-,10,13);1H. The number of aliphatic hydroxyl groups is 1. The summed E-state index contributed by atoms with van der Waals surface area (Å²) in [4.78, 5) is 21.0. The van der Waals surface area contributed by atoms with Crippen molar-refractivity contribution in [3.05, 3.63) is 29.6 Å². The molecule has 0 atom stereocenters. The molecule has 1 aromatic heterocycles. The third-order valence-electron chi connectivity index (χ3n) is 4.44. The number of nitrogens with two attached hydrogens (primary N) is 1. The molecule has 0 saturated carbocycles. The van der Waals surface area contributed by atoms with E-state index in [0.29, 0.717) is 12.1 Å². The predicted molar refractivity (Wildman–Crippen MR) is 111 cm³/mol. The minimum absolute atomic E-state index is 0. The number of amides is 1. The molecule has 1 amide bonds. The van der Waals surface area contributed by atoms with E-state index in [1.807, 2.05) is 0 Å². The molecule has 7 heteroatoms. The van der Waals surface area contributed by atoms with Gasteiger partial charge in [-0.2, -0.15) is 4.57 Å². The zero-order valence-corrected chi connectivity index (χ0v) is 18.1. The molecule has 0 unspecified atom stereocenters. The Bertz CT molecular complexity index is 553. The van der Waals surface area contributed by atoms with Crippen molar-refractivity contribution in [2.24, 2.45) is 5.73 Å². The van der Waals surface area contributed by atoms with Crippen LogP contribution in [0.4, 0.5) is 0 Å². The molecule has 162 valence electrons. The van der Waals surface area contributed by atoms with E-state index in [0.717, 1.165) is 18.5 Å². The van der Waals surface area contributed by atoms with Crippen LogP contribution < -0.4 is 15.4 Å². The molecule has 0 spiro atoms. The lowest BCUT2D eigenvalue weighted by Crippen LogP contribution is -2.40. The first kappa shape index (κ1) is 28.5. The summed E-state index contributed by atoms with van der Waals surface area (Å²) in [6.45, 7) is 4.55. The number of carboxylic acids is 1. The summed E-state index contributed by atoms with van der Waals surface area (Å²) in [7, 11) is 0. The Hall–Kier alpha value is -1.66. The summed E-state index contributed by atoms with van der Waals surface area (Å²) in [5.74, 6) is -1.35. The van der Waals surface area contributed by atoms with E-state index in [9.17, 15) is 14.7 Å². The molecule has 0 saturated heterocycles.